The number of rotatable bonds is 4. The molecule has 1 saturated heterocycles. The number of hydrogen-bond donors (Lipinski definition) is 4. The lowest BCUT2D eigenvalue weighted by atomic mass is 10.1. The first-order valence-electron chi connectivity index (χ1n) is 8.96. The second kappa shape index (κ2) is 12.6. The van der Waals surface area contributed by atoms with E-state index in [1.807, 2.05) is 0 Å². The van der Waals surface area contributed by atoms with E-state index in [1.165, 1.54) is 74.7 Å². The number of carboxylic acid groups (broad SMARTS) is 4. The van der Waals surface area contributed by atoms with Crippen LogP contribution in [0.2, 0.25) is 0 Å². The maximum atomic E-state index is 10.4. The molecule has 160 valence electrons. The lowest BCUT2D eigenvalue weighted by molar-refractivity contribution is -0.787. The van der Waals surface area contributed by atoms with Crippen LogP contribution in [-0.2, 0) is 0 Å². The van der Waals surface area contributed by atoms with Crippen molar-refractivity contribution in [3.8, 4) is 0 Å². The molecule has 0 unspecified atom stereocenters. The second-order valence-electron chi connectivity index (χ2n) is 6.01. The van der Waals surface area contributed by atoms with Gasteiger partial charge < -0.3 is 40.6 Å². The highest BCUT2D eigenvalue weighted by molar-refractivity contribution is 6.01. The molecule has 1 aliphatic heterocycles. The number of piperazine rings is 1. The molecule has 0 amide bonds. The van der Waals surface area contributed by atoms with E-state index in [9.17, 15) is 29.4 Å². The largest absolute Gasteiger partial charge is 0.545 e. The van der Waals surface area contributed by atoms with Crippen LogP contribution in [-0.4, -0.2) is 60.3 Å². The Morgan fingerprint density at radius 3 is 1.03 bits per heavy atom. The van der Waals surface area contributed by atoms with Gasteiger partial charge in [-0.1, -0.05) is 36.4 Å². The molecule has 0 aliphatic carbocycles. The molecular weight excluding hydrogens is 396 g/mol. The molecule has 1 fully saturated rings. The standard InChI is InChI=1S/2C8H6O4.C4H10N2/c2*9-7(10)5-3-1-2-4-6(5)8(11)12;1-2-6-4-3-5-1/h2*1-4H,(H,9,10)(H,11,12);5-6H,1-4H2. The van der Waals surface area contributed by atoms with Crippen molar-refractivity contribution in [2.75, 3.05) is 26.2 Å². The van der Waals surface area contributed by atoms with Gasteiger partial charge in [-0.2, -0.15) is 0 Å². The Balaban J connectivity index is 0.000000237. The zero-order chi connectivity index (χ0) is 22.5. The van der Waals surface area contributed by atoms with Crippen molar-refractivity contribution in [1.82, 2.24) is 0 Å². The number of hydrogen-bond acceptors (Lipinski definition) is 6. The number of benzene rings is 2. The molecule has 0 atom stereocenters. The Morgan fingerprint density at radius 2 is 0.867 bits per heavy atom. The average Bonchev–Trinajstić information content (AvgIpc) is 2.75. The SMILES string of the molecule is C1C[NH2+]CC[NH2+]1.O=C([O-])c1ccccc1C(=O)O.O=C([O-])c1ccccc1C(=O)O. The van der Waals surface area contributed by atoms with Gasteiger partial charge in [0, 0.05) is 11.1 Å². The van der Waals surface area contributed by atoms with Crippen molar-refractivity contribution < 1.29 is 50.2 Å². The summed E-state index contributed by atoms with van der Waals surface area (Å²) in [6.07, 6.45) is 0. The van der Waals surface area contributed by atoms with E-state index in [2.05, 4.69) is 10.6 Å². The van der Waals surface area contributed by atoms with E-state index in [4.69, 9.17) is 10.2 Å². The molecule has 1 aliphatic rings. The van der Waals surface area contributed by atoms with Gasteiger partial charge in [-0.3, -0.25) is 0 Å². The minimum atomic E-state index is -1.48. The van der Waals surface area contributed by atoms with Crippen LogP contribution in [0.1, 0.15) is 41.4 Å². The van der Waals surface area contributed by atoms with Crippen LogP contribution in [0, 0.1) is 0 Å². The van der Waals surface area contributed by atoms with Crippen molar-refractivity contribution in [1.29, 1.82) is 0 Å². The van der Waals surface area contributed by atoms with Crippen LogP contribution >= 0.6 is 0 Å². The lowest BCUT2D eigenvalue weighted by Crippen LogP contribution is -3.04. The summed E-state index contributed by atoms with van der Waals surface area (Å²) in [5, 5.41) is 42.5. The number of aromatic carboxylic acids is 4. The summed E-state index contributed by atoms with van der Waals surface area (Å²) in [6, 6.07) is 10.6. The third-order valence-corrected chi connectivity index (χ3v) is 3.90. The molecule has 10 nitrogen and oxygen atoms in total. The second-order valence-corrected chi connectivity index (χ2v) is 6.01. The fourth-order valence-electron chi connectivity index (χ4n) is 2.46. The minimum absolute atomic E-state index is 0.252. The van der Waals surface area contributed by atoms with Crippen molar-refractivity contribution in [3.05, 3.63) is 70.8 Å². The van der Waals surface area contributed by atoms with Crippen molar-refractivity contribution in [2.45, 2.75) is 0 Å². The Morgan fingerprint density at radius 1 is 0.600 bits per heavy atom. The van der Waals surface area contributed by atoms with Crippen LogP contribution in [0.4, 0.5) is 0 Å². The van der Waals surface area contributed by atoms with E-state index < -0.39 is 23.9 Å². The van der Waals surface area contributed by atoms with Crippen LogP contribution in [0.25, 0.3) is 0 Å². The van der Waals surface area contributed by atoms with Crippen LogP contribution in [0.3, 0.4) is 0 Å². The Labute approximate surface area is 171 Å². The van der Waals surface area contributed by atoms with Crippen molar-refractivity contribution >= 4 is 23.9 Å². The number of carbonyl (C=O) groups is 4. The van der Waals surface area contributed by atoms with Crippen molar-refractivity contribution in [3.63, 3.8) is 0 Å². The molecular formula is C20H22N2O8. The zero-order valence-corrected chi connectivity index (χ0v) is 15.9. The normalized spacial score (nSPS) is 12.3. The first kappa shape index (κ1) is 24.3. The molecule has 6 N–H and O–H groups in total. The molecule has 2 aromatic carbocycles. The molecule has 10 heteroatoms. The van der Waals surface area contributed by atoms with Crippen LogP contribution in [0.5, 0.6) is 0 Å². The summed E-state index contributed by atoms with van der Waals surface area (Å²) >= 11 is 0. The summed E-state index contributed by atoms with van der Waals surface area (Å²) in [6.45, 7) is 5.28. The minimum Gasteiger partial charge on any atom is -0.545 e. The molecule has 0 aromatic heterocycles. The lowest BCUT2D eigenvalue weighted by Gasteiger charge is -2.04. The molecule has 1 heterocycles. The Bertz CT molecular complexity index is 749. The molecule has 3 rings (SSSR count). The summed E-state index contributed by atoms with van der Waals surface area (Å²) in [5.74, 6) is -5.49. The van der Waals surface area contributed by atoms with Gasteiger partial charge in [0.2, 0.25) is 0 Å². The number of carboxylic acids is 4. The highest BCUT2D eigenvalue weighted by atomic mass is 16.4. The number of nitrogens with two attached hydrogens (primary N) is 2. The fraction of sp³-hybridized carbons (Fsp3) is 0.200. The molecule has 0 saturated carbocycles. The van der Waals surface area contributed by atoms with Crippen LogP contribution in [0.15, 0.2) is 48.5 Å². The number of carbonyl (C=O) groups excluding carboxylic acids is 2. The van der Waals surface area contributed by atoms with E-state index in [-0.39, 0.29) is 22.3 Å². The van der Waals surface area contributed by atoms with E-state index >= 15 is 0 Å². The third-order valence-electron chi connectivity index (χ3n) is 3.90. The summed E-state index contributed by atoms with van der Waals surface area (Å²) in [4.78, 5) is 41.6. The maximum absolute atomic E-state index is 10.4. The van der Waals surface area contributed by atoms with E-state index in [1.54, 1.807) is 0 Å². The zero-order valence-electron chi connectivity index (χ0n) is 15.9. The van der Waals surface area contributed by atoms with Gasteiger partial charge in [0.25, 0.3) is 0 Å². The molecule has 2 aromatic rings. The average molecular weight is 418 g/mol. The smallest absolute Gasteiger partial charge is 0.336 e. The first-order valence-corrected chi connectivity index (χ1v) is 8.96. The first-order chi connectivity index (χ1) is 14.3. The van der Waals surface area contributed by atoms with Gasteiger partial charge in [0.1, 0.15) is 26.2 Å². The van der Waals surface area contributed by atoms with E-state index in [0.717, 1.165) is 0 Å². The van der Waals surface area contributed by atoms with Crippen LogP contribution < -0.4 is 20.8 Å². The number of quaternary nitrogens is 2. The quantitative estimate of drug-likeness (QED) is 0.396. The highest BCUT2D eigenvalue weighted by Crippen LogP contribution is 2.07. The van der Waals surface area contributed by atoms with Gasteiger partial charge >= 0.3 is 11.9 Å². The van der Waals surface area contributed by atoms with E-state index in [0.29, 0.717) is 0 Å². The topological polar surface area (TPSA) is 188 Å². The molecule has 0 bridgehead atoms. The van der Waals surface area contributed by atoms with Gasteiger partial charge in [0.15, 0.2) is 0 Å². The van der Waals surface area contributed by atoms with Gasteiger partial charge in [-0.05, 0) is 12.1 Å². The molecule has 0 radical (unpaired) electrons. The predicted molar refractivity (Wildman–Crippen MR) is 98.8 cm³/mol. The molecule has 0 spiro atoms. The summed E-state index contributed by atoms with van der Waals surface area (Å²) in [5.41, 5.74) is -1.11. The Kier molecular flexibility index (Phi) is 10.2. The fourth-order valence-corrected chi connectivity index (χ4v) is 2.46. The molecule has 30 heavy (non-hydrogen) atoms. The predicted octanol–water partition coefficient (Wildman–Crippen LogP) is -3.38. The monoisotopic (exact) mass is 418 g/mol. The maximum Gasteiger partial charge on any atom is 0.336 e. The van der Waals surface area contributed by atoms with Gasteiger partial charge in [-0.15, -0.1) is 0 Å². The van der Waals surface area contributed by atoms with Crippen molar-refractivity contribution in [2.24, 2.45) is 0 Å². The highest BCUT2D eigenvalue weighted by Gasteiger charge is 2.09. The third kappa shape index (κ3) is 8.09. The van der Waals surface area contributed by atoms with Gasteiger partial charge in [-0.25, -0.2) is 9.59 Å². The summed E-state index contributed by atoms with van der Waals surface area (Å²) in [7, 11) is 0. The summed E-state index contributed by atoms with van der Waals surface area (Å²) < 4.78 is 0. The Hall–Kier alpha value is -3.76. The van der Waals surface area contributed by atoms with Gasteiger partial charge in [0.05, 0.1) is 23.1 Å².